The number of rotatable bonds is 1. The quantitative estimate of drug-likeness (QED) is 0.638. The van der Waals surface area contributed by atoms with Crippen molar-refractivity contribution in [1.82, 2.24) is 19.7 Å². The maximum absolute atomic E-state index is 5.75. The van der Waals surface area contributed by atoms with E-state index >= 15 is 0 Å². The normalized spacial score (nSPS) is 10.4. The van der Waals surface area contributed by atoms with E-state index in [1.165, 1.54) is 6.33 Å². The zero-order chi connectivity index (χ0) is 10.1. The molecule has 0 aromatic carbocycles. The van der Waals surface area contributed by atoms with Crippen molar-refractivity contribution in [2.75, 3.05) is 5.73 Å². The van der Waals surface area contributed by atoms with Crippen LogP contribution < -0.4 is 5.73 Å². The van der Waals surface area contributed by atoms with Gasteiger partial charge in [-0.15, -0.1) is 0 Å². The summed E-state index contributed by atoms with van der Waals surface area (Å²) in [5, 5.41) is 4.30. The Hall–Kier alpha value is -0.890. The lowest BCUT2D eigenvalue weighted by molar-refractivity contribution is 0.843. The zero-order valence-electron chi connectivity index (χ0n) is 6.85. The van der Waals surface area contributed by atoms with Crippen LogP contribution in [-0.2, 0) is 0 Å². The summed E-state index contributed by atoms with van der Waals surface area (Å²) in [6.45, 7) is 0. The molecule has 14 heavy (non-hydrogen) atoms. The lowest BCUT2D eigenvalue weighted by atomic mass is 10.5. The van der Waals surface area contributed by atoms with Crippen molar-refractivity contribution >= 4 is 39.9 Å². The summed E-state index contributed by atoms with van der Waals surface area (Å²) < 4.78 is 2.56. The molecule has 0 unspecified atom stereocenters. The highest BCUT2D eigenvalue weighted by Crippen LogP contribution is 2.20. The first-order valence-corrected chi connectivity index (χ1v) is 5.10. The first-order chi connectivity index (χ1) is 6.68. The second-order valence-electron chi connectivity index (χ2n) is 2.50. The molecule has 7 heteroatoms. The summed E-state index contributed by atoms with van der Waals surface area (Å²) in [6, 6.07) is 0. The molecule has 2 heterocycles. The van der Waals surface area contributed by atoms with Crippen molar-refractivity contribution in [1.29, 1.82) is 0 Å². The van der Waals surface area contributed by atoms with Crippen molar-refractivity contribution in [3.05, 3.63) is 27.4 Å². The minimum atomic E-state index is 0.237. The number of nitrogen functional groups attached to an aromatic ring is 1. The standard InChI is InChI=1S/C7H5ClIN5/c8-6-5(10)7(12-3-11-6)14-2-4(9)1-13-14/h1-3H,10H2. The fraction of sp³-hybridized carbons (Fsp3) is 0. The van der Waals surface area contributed by atoms with Crippen LogP contribution >= 0.6 is 34.2 Å². The fourth-order valence-electron chi connectivity index (χ4n) is 0.965. The van der Waals surface area contributed by atoms with Crippen molar-refractivity contribution in [3.8, 4) is 5.82 Å². The maximum Gasteiger partial charge on any atom is 0.181 e. The van der Waals surface area contributed by atoms with Crippen molar-refractivity contribution in [2.24, 2.45) is 0 Å². The van der Waals surface area contributed by atoms with Gasteiger partial charge in [-0.3, -0.25) is 0 Å². The van der Waals surface area contributed by atoms with Crippen molar-refractivity contribution in [3.63, 3.8) is 0 Å². The third kappa shape index (κ3) is 1.67. The van der Waals surface area contributed by atoms with Gasteiger partial charge in [0.15, 0.2) is 11.0 Å². The van der Waals surface area contributed by atoms with Gasteiger partial charge < -0.3 is 5.73 Å². The second kappa shape index (κ2) is 3.70. The highest BCUT2D eigenvalue weighted by atomic mass is 127. The van der Waals surface area contributed by atoms with E-state index in [9.17, 15) is 0 Å². The maximum atomic E-state index is 5.75. The van der Waals surface area contributed by atoms with Gasteiger partial charge in [0.05, 0.1) is 9.77 Å². The van der Waals surface area contributed by atoms with Crippen molar-refractivity contribution in [2.45, 2.75) is 0 Å². The minimum Gasteiger partial charge on any atom is -0.393 e. The molecule has 0 aliphatic carbocycles. The van der Waals surface area contributed by atoms with E-state index < -0.39 is 0 Å². The van der Waals surface area contributed by atoms with Crippen LogP contribution in [0.2, 0.25) is 5.15 Å². The summed E-state index contributed by atoms with van der Waals surface area (Å²) >= 11 is 7.90. The molecule has 0 aliphatic rings. The van der Waals surface area contributed by atoms with Gasteiger partial charge in [-0.25, -0.2) is 14.6 Å². The minimum absolute atomic E-state index is 0.237. The van der Waals surface area contributed by atoms with Gasteiger partial charge in [0.25, 0.3) is 0 Å². The van der Waals surface area contributed by atoms with E-state index in [0.29, 0.717) is 11.5 Å². The molecule has 2 rings (SSSR count). The molecule has 0 spiro atoms. The van der Waals surface area contributed by atoms with Gasteiger partial charge in [0.1, 0.15) is 12.0 Å². The highest BCUT2D eigenvalue weighted by molar-refractivity contribution is 14.1. The predicted octanol–water partition coefficient (Wildman–Crippen LogP) is 1.50. The van der Waals surface area contributed by atoms with Crippen LogP contribution in [0.3, 0.4) is 0 Å². The first-order valence-electron chi connectivity index (χ1n) is 3.65. The predicted molar refractivity (Wildman–Crippen MR) is 61.3 cm³/mol. The molecule has 0 atom stereocenters. The van der Waals surface area contributed by atoms with E-state index in [4.69, 9.17) is 17.3 Å². The van der Waals surface area contributed by atoms with E-state index in [1.54, 1.807) is 17.1 Å². The zero-order valence-corrected chi connectivity index (χ0v) is 9.77. The number of nitrogens with zero attached hydrogens (tertiary/aromatic N) is 4. The molecule has 2 N–H and O–H groups in total. The topological polar surface area (TPSA) is 69.6 Å². The molecule has 5 nitrogen and oxygen atoms in total. The monoisotopic (exact) mass is 321 g/mol. The molecule has 0 amide bonds. The number of hydrogen-bond acceptors (Lipinski definition) is 4. The Morgan fingerprint density at radius 1 is 1.43 bits per heavy atom. The third-order valence-electron chi connectivity index (χ3n) is 1.58. The molecule has 0 saturated carbocycles. The van der Waals surface area contributed by atoms with Crippen LogP contribution in [0.1, 0.15) is 0 Å². The molecule has 0 bridgehead atoms. The molecule has 0 aliphatic heterocycles. The summed E-state index contributed by atoms with van der Waals surface area (Å²) in [5.74, 6) is 0.493. The molecule has 72 valence electrons. The van der Waals surface area contributed by atoms with Gasteiger partial charge in [-0.05, 0) is 22.6 Å². The van der Waals surface area contributed by atoms with Crippen LogP contribution in [0.4, 0.5) is 5.69 Å². The molecule has 0 saturated heterocycles. The van der Waals surface area contributed by atoms with Crippen LogP contribution in [0.15, 0.2) is 18.7 Å². The smallest absolute Gasteiger partial charge is 0.181 e. The average molecular weight is 322 g/mol. The Morgan fingerprint density at radius 2 is 2.21 bits per heavy atom. The number of hydrogen-bond donors (Lipinski definition) is 1. The van der Waals surface area contributed by atoms with Crippen LogP contribution in [0, 0.1) is 3.57 Å². The van der Waals surface area contributed by atoms with E-state index in [-0.39, 0.29) is 5.15 Å². The van der Waals surface area contributed by atoms with Gasteiger partial charge in [-0.2, -0.15) is 5.10 Å². The lowest BCUT2D eigenvalue weighted by Gasteiger charge is -2.03. The van der Waals surface area contributed by atoms with Crippen LogP contribution in [-0.4, -0.2) is 19.7 Å². The SMILES string of the molecule is Nc1c(Cl)ncnc1-n1cc(I)cn1. The number of anilines is 1. The molecular formula is C7H5ClIN5. The Kier molecular flexibility index (Phi) is 2.55. The summed E-state index contributed by atoms with van der Waals surface area (Å²) in [6.07, 6.45) is 4.86. The van der Waals surface area contributed by atoms with E-state index in [2.05, 4.69) is 37.7 Å². The molecular weight excluding hydrogens is 316 g/mol. The van der Waals surface area contributed by atoms with E-state index in [0.717, 1.165) is 3.57 Å². The average Bonchev–Trinajstić information content (AvgIpc) is 2.57. The Bertz CT molecular complexity index is 469. The summed E-state index contributed by atoms with van der Waals surface area (Å²) in [7, 11) is 0. The third-order valence-corrected chi connectivity index (χ3v) is 2.44. The largest absolute Gasteiger partial charge is 0.393 e. The number of halogens is 2. The van der Waals surface area contributed by atoms with E-state index in [1.807, 2.05) is 0 Å². The van der Waals surface area contributed by atoms with Gasteiger partial charge in [0.2, 0.25) is 0 Å². The summed E-state index contributed by atoms with van der Waals surface area (Å²) in [4.78, 5) is 7.76. The molecule has 0 fully saturated rings. The van der Waals surface area contributed by atoms with Gasteiger partial charge in [-0.1, -0.05) is 11.6 Å². The van der Waals surface area contributed by atoms with Gasteiger partial charge >= 0.3 is 0 Å². The molecule has 0 radical (unpaired) electrons. The van der Waals surface area contributed by atoms with Crippen LogP contribution in [0.25, 0.3) is 5.82 Å². The first kappa shape index (κ1) is 9.66. The number of aromatic nitrogens is 4. The lowest BCUT2D eigenvalue weighted by Crippen LogP contribution is -2.04. The molecule has 2 aromatic heterocycles. The molecule has 2 aromatic rings. The van der Waals surface area contributed by atoms with Crippen LogP contribution in [0.5, 0.6) is 0 Å². The summed E-state index contributed by atoms with van der Waals surface area (Å²) in [5.41, 5.74) is 6.03. The fourth-order valence-corrected chi connectivity index (χ4v) is 1.48. The Balaban J connectivity index is 2.57. The second-order valence-corrected chi connectivity index (χ2v) is 4.11. The highest BCUT2D eigenvalue weighted by Gasteiger charge is 2.08. The number of nitrogens with two attached hydrogens (primary N) is 1. The Labute approximate surface area is 98.4 Å². The Morgan fingerprint density at radius 3 is 2.86 bits per heavy atom. The van der Waals surface area contributed by atoms with Gasteiger partial charge in [0, 0.05) is 6.20 Å². The van der Waals surface area contributed by atoms with Crippen molar-refractivity contribution < 1.29 is 0 Å².